The SMILES string of the molecule is Cc1cc(NC(=O)C2CC(C(=O)O)=NO2)n(C)n1. The quantitative estimate of drug-likeness (QED) is 0.781. The summed E-state index contributed by atoms with van der Waals surface area (Å²) < 4.78 is 1.52. The lowest BCUT2D eigenvalue weighted by Crippen LogP contribution is -2.29. The fourth-order valence-corrected chi connectivity index (χ4v) is 1.58. The van der Waals surface area contributed by atoms with Gasteiger partial charge in [-0.3, -0.25) is 9.48 Å². The van der Waals surface area contributed by atoms with Gasteiger partial charge >= 0.3 is 5.97 Å². The Kier molecular flexibility index (Phi) is 3.00. The van der Waals surface area contributed by atoms with Crippen molar-refractivity contribution in [3.8, 4) is 0 Å². The molecule has 1 atom stereocenters. The first kappa shape index (κ1) is 12.1. The maximum absolute atomic E-state index is 11.8. The van der Waals surface area contributed by atoms with Gasteiger partial charge in [-0.15, -0.1) is 0 Å². The minimum Gasteiger partial charge on any atom is -0.477 e. The first-order chi connectivity index (χ1) is 8.47. The molecule has 2 heterocycles. The molecule has 1 aromatic rings. The molecule has 1 aliphatic heterocycles. The summed E-state index contributed by atoms with van der Waals surface area (Å²) in [7, 11) is 1.69. The van der Waals surface area contributed by atoms with Crippen molar-refractivity contribution in [2.75, 3.05) is 5.32 Å². The summed E-state index contributed by atoms with van der Waals surface area (Å²) in [6, 6.07) is 1.70. The minimum atomic E-state index is -1.18. The maximum Gasteiger partial charge on any atom is 0.353 e. The zero-order chi connectivity index (χ0) is 13.3. The molecule has 0 aromatic carbocycles. The van der Waals surface area contributed by atoms with Gasteiger partial charge in [-0.25, -0.2) is 4.79 Å². The van der Waals surface area contributed by atoms with Gasteiger partial charge in [-0.2, -0.15) is 5.10 Å². The normalized spacial score (nSPS) is 18.1. The topological polar surface area (TPSA) is 106 Å². The molecule has 0 fully saturated rings. The van der Waals surface area contributed by atoms with Gasteiger partial charge < -0.3 is 15.3 Å². The predicted octanol–water partition coefficient (Wildman–Crippen LogP) is -0.103. The summed E-state index contributed by atoms with van der Waals surface area (Å²) in [5.41, 5.74) is 0.610. The molecular weight excluding hydrogens is 240 g/mol. The van der Waals surface area contributed by atoms with E-state index in [1.807, 2.05) is 0 Å². The molecule has 2 rings (SSSR count). The Morgan fingerprint density at radius 3 is 2.83 bits per heavy atom. The summed E-state index contributed by atoms with van der Waals surface area (Å²) in [4.78, 5) is 27.2. The molecule has 0 radical (unpaired) electrons. The van der Waals surface area contributed by atoms with E-state index in [2.05, 4.69) is 15.6 Å². The second-order valence-electron chi connectivity index (χ2n) is 3.93. The average Bonchev–Trinajstić information content (AvgIpc) is 2.86. The molecule has 0 bridgehead atoms. The molecule has 8 nitrogen and oxygen atoms in total. The summed E-state index contributed by atoms with van der Waals surface area (Å²) >= 11 is 0. The van der Waals surface area contributed by atoms with Gasteiger partial charge in [0.05, 0.1) is 5.69 Å². The Balaban J connectivity index is 1.98. The van der Waals surface area contributed by atoms with Gasteiger partial charge in [-0.05, 0) is 6.92 Å². The Labute approximate surface area is 102 Å². The van der Waals surface area contributed by atoms with Crippen molar-refractivity contribution in [3.05, 3.63) is 11.8 Å². The molecule has 1 amide bonds. The van der Waals surface area contributed by atoms with Crippen molar-refractivity contribution in [1.29, 1.82) is 0 Å². The molecule has 0 spiro atoms. The number of carboxylic acid groups (broad SMARTS) is 1. The van der Waals surface area contributed by atoms with Crippen molar-refractivity contribution in [1.82, 2.24) is 9.78 Å². The van der Waals surface area contributed by atoms with Gasteiger partial charge in [0.2, 0.25) is 6.10 Å². The first-order valence-corrected chi connectivity index (χ1v) is 5.25. The third-order valence-corrected chi connectivity index (χ3v) is 2.46. The second-order valence-corrected chi connectivity index (χ2v) is 3.93. The van der Waals surface area contributed by atoms with E-state index < -0.39 is 18.0 Å². The molecule has 18 heavy (non-hydrogen) atoms. The number of nitrogens with one attached hydrogen (secondary N) is 1. The van der Waals surface area contributed by atoms with Crippen LogP contribution in [0.4, 0.5) is 5.82 Å². The highest BCUT2D eigenvalue weighted by atomic mass is 16.6. The van der Waals surface area contributed by atoms with Crippen molar-refractivity contribution in [2.45, 2.75) is 19.4 Å². The lowest BCUT2D eigenvalue weighted by molar-refractivity contribution is -0.129. The van der Waals surface area contributed by atoms with Crippen LogP contribution in [0.2, 0.25) is 0 Å². The van der Waals surface area contributed by atoms with Crippen LogP contribution in [0.3, 0.4) is 0 Å². The highest BCUT2D eigenvalue weighted by Crippen LogP contribution is 2.14. The molecule has 1 aromatic heterocycles. The third-order valence-electron chi connectivity index (χ3n) is 2.46. The van der Waals surface area contributed by atoms with E-state index in [9.17, 15) is 9.59 Å². The van der Waals surface area contributed by atoms with Crippen LogP contribution in [0.1, 0.15) is 12.1 Å². The summed E-state index contributed by atoms with van der Waals surface area (Å²) in [5, 5.41) is 18.7. The number of carboxylic acids is 1. The number of carbonyl (C=O) groups excluding carboxylic acids is 1. The van der Waals surface area contributed by atoms with Crippen LogP contribution in [0.15, 0.2) is 11.2 Å². The van der Waals surface area contributed by atoms with Crippen molar-refractivity contribution in [3.63, 3.8) is 0 Å². The van der Waals surface area contributed by atoms with Gasteiger partial charge in [0.1, 0.15) is 5.82 Å². The Bertz CT molecular complexity index is 534. The number of rotatable bonds is 3. The van der Waals surface area contributed by atoms with E-state index in [-0.39, 0.29) is 12.1 Å². The van der Waals surface area contributed by atoms with Crippen molar-refractivity contribution < 1.29 is 19.5 Å². The van der Waals surface area contributed by atoms with E-state index >= 15 is 0 Å². The van der Waals surface area contributed by atoms with Gasteiger partial charge in [0.15, 0.2) is 5.71 Å². The molecule has 2 N–H and O–H groups in total. The zero-order valence-corrected chi connectivity index (χ0v) is 9.88. The molecule has 0 saturated carbocycles. The Morgan fingerprint density at radius 1 is 1.61 bits per heavy atom. The summed E-state index contributed by atoms with van der Waals surface area (Å²) in [6.45, 7) is 1.80. The molecule has 1 unspecified atom stereocenters. The van der Waals surface area contributed by atoms with E-state index in [4.69, 9.17) is 9.94 Å². The lowest BCUT2D eigenvalue weighted by Gasteiger charge is -2.08. The lowest BCUT2D eigenvalue weighted by atomic mass is 10.2. The molecule has 96 valence electrons. The van der Waals surface area contributed by atoms with E-state index in [1.54, 1.807) is 20.0 Å². The molecule has 8 heteroatoms. The number of hydrogen-bond donors (Lipinski definition) is 2. The second kappa shape index (κ2) is 4.47. The van der Waals surface area contributed by atoms with Crippen LogP contribution in [0, 0.1) is 6.92 Å². The van der Waals surface area contributed by atoms with Crippen LogP contribution in [-0.4, -0.2) is 38.6 Å². The molecule has 0 saturated heterocycles. The van der Waals surface area contributed by atoms with Crippen LogP contribution in [-0.2, 0) is 21.5 Å². The maximum atomic E-state index is 11.8. The third kappa shape index (κ3) is 2.31. The van der Waals surface area contributed by atoms with E-state index in [0.717, 1.165) is 5.69 Å². The highest BCUT2D eigenvalue weighted by molar-refractivity contribution is 6.36. The number of amides is 1. The molecule has 1 aliphatic rings. The van der Waals surface area contributed by atoms with Crippen LogP contribution < -0.4 is 5.32 Å². The number of carbonyl (C=O) groups is 2. The predicted molar refractivity (Wildman–Crippen MR) is 61.1 cm³/mol. The van der Waals surface area contributed by atoms with Gasteiger partial charge in [-0.1, -0.05) is 5.16 Å². The number of aryl methyl sites for hydroxylation is 2. The van der Waals surface area contributed by atoms with Gasteiger partial charge in [0, 0.05) is 19.5 Å². The molecule has 0 aliphatic carbocycles. The standard InChI is InChI=1S/C10H12N4O4/c1-5-3-8(14(2)12-5)11-9(15)7-4-6(10(16)17)13-18-7/h3,7H,4H2,1-2H3,(H,11,15)(H,16,17). The first-order valence-electron chi connectivity index (χ1n) is 5.25. The highest BCUT2D eigenvalue weighted by Gasteiger charge is 2.31. The summed E-state index contributed by atoms with van der Waals surface area (Å²) in [6.07, 6.45) is -0.954. The van der Waals surface area contributed by atoms with Crippen molar-refractivity contribution >= 4 is 23.4 Å². The van der Waals surface area contributed by atoms with Crippen molar-refractivity contribution in [2.24, 2.45) is 12.2 Å². The number of hydrogen-bond acceptors (Lipinski definition) is 5. The average molecular weight is 252 g/mol. The van der Waals surface area contributed by atoms with Crippen LogP contribution in [0.25, 0.3) is 0 Å². The van der Waals surface area contributed by atoms with E-state index in [0.29, 0.717) is 5.82 Å². The minimum absolute atomic E-state index is 0.0437. The number of oxime groups is 1. The van der Waals surface area contributed by atoms with Crippen LogP contribution >= 0.6 is 0 Å². The number of anilines is 1. The molecular formula is C10H12N4O4. The smallest absolute Gasteiger partial charge is 0.353 e. The van der Waals surface area contributed by atoms with Crippen LogP contribution in [0.5, 0.6) is 0 Å². The van der Waals surface area contributed by atoms with E-state index in [1.165, 1.54) is 4.68 Å². The zero-order valence-electron chi connectivity index (χ0n) is 9.88. The fraction of sp³-hybridized carbons (Fsp3) is 0.400. The number of nitrogens with zero attached hydrogens (tertiary/aromatic N) is 3. The fourth-order valence-electron chi connectivity index (χ4n) is 1.58. The number of aromatic nitrogens is 2. The largest absolute Gasteiger partial charge is 0.477 e. The monoisotopic (exact) mass is 252 g/mol. The van der Waals surface area contributed by atoms with Gasteiger partial charge in [0.25, 0.3) is 5.91 Å². The Morgan fingerprint density at radius 2 is 2.33 bits per heavy atom. The Hall–Kier alpha value is -2.38. The number of aliphatic carboxylic acids is 1. The summed E-state index contributed by atoms with van der Waals surface area (Å²) in [5.74, 6) is -1.11.